The Labute approximate surface area is 167 Å². The Balaban J connectivity index is 1.62. The minimum atomic E-state index is -0.333. The molecule has 0 bridgehead atoms. The summed E-state index contributed by atoms with van der Waals surface area (Å²) >= 11 is 1.63. The van der Waals surface area contributed by atoms with Gasteiger partial charge in [0, 0.05) is 40.7 Å². The molecule has 1 saturated heterocycles. The Morgan fingerprint density at radius 1 is 1.29 bits per heavy atom. The van der Waals surface area contributed by atoms with E-state index < -0.39 is 0 Å². The number of ether oxygens (including phenoxy) is 1. The minimum Gasteiger partial charge on any atom is -0.466 e. The molecule has 1 fully saturated rings. The van der Waals surface area contributed by atoms with Crippen LogP contribution in [0.3, 0.4) is 0 Å². The Morgan fingerprint density at radius 2 is 2.14 bits per heavy atom. The molecule has 0 aliphatic carbocycles. The second kappa shape index (κ2) is 8.06. The van der Waals surface area contributed by atoms with Crippen LogP contribution in [0.5, 0.6) is 0 Å². The highest BCUT2D eigenvalue weighted by Crippen LogP contribution is 2.34. The maximum absolute atomic E-state index is 13.4. The summed E-state index contributed by atoms with van der Waals surface area (Å²) in [6, 6.07) is 11.6. The quantitative estimate of drug-likeness (QED) is 0.390. The molecule has 0 amide bonds. The number of esters is 1. The maximum Gasteiger partial charge on any atom is 0.311 e. The van der Waals surface area contributed by atoms with E-state index in [0.717, 1.165) is 16.6 Å². The van der Waals surface area contributed by atoms with Crippen molar-refractivity contribution < 1.29 is 14.3 Å². The lowest BCUT2D eigenvalue weighted by Crippen LogP contribution is -2.23. The van der Waals surface area contributed by atoms with E-state index in [2.05, 4.69) is 14.3 Å². The number of hydrogen-bond acceptors (Lipinski definition) is 6. The van der Waals surface area contributed by atoms with Gasteiger partial charge in [0.15, 0.2) is 5.78 Å². The third-order valence-corrected chi connectivity index (χ3v) is 6.00. The van der Waals surface area contributed by atoms with Crippen molar-refractivity contribution in [1.82, 2.24) is 9.97 Å². The molecule has 0 radical (unpaired) electrons. The molecule has 6 nitrogen and oxygen atoms in total. The van der Waals surface area contributed by atoms with Gasteiger partial charge in [-0.15, -0.1) is 0 Å². The van der Waals surface area contributed by atoms with Crippen LogP contribution >= 0.6 is 11.9 Å². The fourth-order valence-corrected chi connectivity index (χ4v) is 4.66. The number of anilines is 1. The van der Waals surface area contributed by atoms with Gasteiger partial charge >= 0.3 is 5.97 Å². The van der Waals surface area contributed by atoms with Crippen molar-refractivity contribution in [2.24, 2.45) is 5.92 Å². The monoisotopic (exact) mass is 395 g/mol. The van der Waals surface area contributed by atoms with E-state index in [1.165, 1.54) is 0 Å². The zero-order valence-corrected chi connectivity index (χ0v) is 16.4. The first-order valence-corrected chi connectivity index (χ1v) is 10.2. The highest BCUT2D eigenvalue weighted by Gasteiger charge is 2.33. The molecule has 0 spiro atoms. The van der Waals surface area contributed by atoms with Crippen molar-refractivity contribution in [3.05, 3.63) is 60.0 Å². The van der Waals surface area contributed by atoms with E-state index in [0.29, 0.717) is 30.2 Å². The molecule has 144 valence electrons. The first-order valence-electron chi connectivity index (χ1n) is 9.27. The van der Waals surface area contributed by atoms with Crippen LogP contribution < -0.4 is 4.31 Å². The summed E-state index contributed by atoms with van der Waals surface area (Å²) in [6.45, 7) is 2.72. The standard InChI is InChI=1S/C21H21N3O3S/c1-2-27-19(25)10-18-20(16-7-3-4-8-17(16)23-18)21(26)14-12-24(28-13-14)15-6-5-9-22-11-15/h3-9,11,14,23H,2,10,12-13H2,1H3. The molecule has 1 aromatic carbocycles. The minimum absolute atomic E-state index is 0.0653. The number of carbonyl (C=O) groups excluding carboxylic acids is 2. The Bertz CT molecular complexity index is 1000. The van der Waals surface area contributed by atoms with Gasteiger partial charge in [-0.2, -0.15) is 0 Å². The van der Waals surface area contributed by atoms with Crippen LogP contribution in [-0.2, 0) is 16.0 Å². The lowest BCUT2D eigenvalue weighted by Gasteiger charge is -2.16. The number of H-pyrrole nitrogens is 1. The topological polar surface area (TPSA) is 75.3 Å². The van der Waals surface area contributed by atoms with Gasteiger partial charge in [-0.1, -0.05) is 18.2 Å². The van der Waals surface area contributed by atoms with Crippen molar-refractivity contribution in [2.75, 3.05) is 23.2 Å². The number of ketones is 1. The summed E-state index contributed by atoms with van der Waals surface area (Å²) in [5.41, 5.74) is 3.10. The van der Waals surface area contributed by atoms with E-state index >= 15 is 0 Å². The highest BCUT2D eigenvalue weighted by atomic mass is 32.2. The van der Waals surface area contributed by atoms with Crippen LogP contribution in [0.1, 0.15) is 23.0 Å². The number of aromatic nitrogens is 2. The number of Topliss-reactive ketones (excluding diaryl/α,β-unsaturated/α-hetero) is 1. The summed E-state index contributed by atoms with van der Waals surface area (Å²) in [4.78, 5) is 32.9. The normalized spacial score (nSPS) is 16.5. The van der Waals surface area contributed by atoms with E-state index in [1.807, 2.05) is 36.4 Å². The first kappa shape index (κ1) is 18.6. The molecule has 28 heavy (non-hydrogen) atoms. The Kier molecular flexibility index (Phi) is 5.34. The number of carbonyl (C=O) groups is 2. The number of hydrogen-bond donors (Lipinski definition) is 1. The first-order chi connectivity index (χ1) is 13.7. The Morgan fingerprint density at radius 3 is 2.93 bits per heavy atom. The average Bonchev–Trinajstić information content (AvgIpc) is 3.33. The van der Waals surface area contributed by atoms with Crippen molar-refractivity contribution in [1.29, 1.82) is 0 Å². The molecule has 1 aliphatic heterocycles. The number of pyridine rings is 1. The molecular formula is C21H21N3O3S. The van der Waals surface area contributed by atoms with Crippen molar-refractivity contribution in [3.63, 3.8) is 0 Å². The SMILES string of the molecule is CCOC(=O)Cc1[nH]c2ccccc2c1C(=O)C1CSN(c2cccnc2)C1. The molecule has 7 heteroatoms. The van der Waals surface area contributed by atoms with E-state index in [1.54, 1.807) is 31.3 Å². The average molecular weight is 395 g/mol. The van der Waals surface area contributed by atoms with E-state index in [4.69, 9.17) is 4.74 Å². The van der Waals surface area contributed by atoms with Gasteiger partial charge in [-0.3, -0.25) is 14.6 Å². The predicted molar refractivity (Wildman–Crippen MR) is 110 cm³/mol. The Hall–Kier alpha value is -2.80. The molecule has 1 N–H and O–H groups in total. The molecule has 1 unspecified atom stereocenters. The highest BCUT2D eigenvalue weighted by molar-refractivity contribution is 8.00. The number of benzene rings is 1. The molecule has 3 aromatic rings. The van der Waals surface area contributed by atoms with E-state index in [-0.39, 0.29) is 24.1 Å². The summed E-state index contributed by atoms with van der Waals surface area (Å²) in [7, 11) is 0. The van der Waals surface area contributed by atoms with Crippen LogP contribution in [-0.4, -0.2) is 40.6 Å². The number of rotatable bonds is 6. The van der Waals surface area contributed by atoms with Gasteiger partial charge in [0.1, 0.15) is 0 Å². The summed E-state index contributed by atoms with van der Waals surface area (Å²) < 4.78 is 7.19. The fourth-order valence-electron chi connectivity index (χ4n) is 3.50. The summed E-state index contributed by atoms with van der Waals surface area (Å²) in [5, 5.41) is 0.858. The molecule has 2 aromatic heterocycles. The molecule has 4 rings (SSSR count). The summed E-state index contributed by atoms with van der Waals surface area (Å²) in [5.74, 6) is 0.286. The van der Waals surface area contributed by atoms with Crippen LogP contribution in [0.4, 0.5) is 5.69 Å². The van der Waals surface area contributed by atoms with Gasteiger partial charge < -0.3 is 14.0 Å². The van der Waals surface area contributed by atoms with Gasteiger partial charge in [0.05, 0.1) is 30.8 Å². The van der Waals surface area contributed by atoms with Crippen molar-refractivity contribution >= 4 is 40.3 Å². The van der Waals surface area contributed by atoms with E-state index in [9.17, 15) is 9.59 Å². The number of nitrogens with one attached hydrogen (secondary N) is 1. The third kappa shape index (κ3) is 3.62. The van der Waals surface area contributed by atoms with Crippen LogP contribution in [0.15, 0.2) is 48.8 Å². The molecular weight excluding hydrogens is 374 g/mol. The second-order valence-electron chi connectivity index (χ2n) is 6.64. The maximum atomic E-state index is 13.4. The largest absolute Gasteiger partial charge is 0.466 e. The zero-order chi connectivity index (χ0) is 19.5. The molecule has 0 saturated carbocycles. The van der Waals surface area contributed by atoms with Gasteiger partial charge in [-0.25, -0.2) is 0 Å². The smallest absolute Gasteiger partial charge is 0.311 e. The number of aromatic amines is 1. The van der Waals surface area contributed by atoms with Crippen LogP contribution in [0.2, 0.25) is 0 Å². The number of fused-ring (bicyclic) bond motifs is 1. The van der Waals surface area contributed by atoms with Crippen LogP contribution in [0.25, 0.3) is 10.9 Å². The lowest BCUT2D eigenvalue weighted by atomic mass is 9.95. The van der Waals surface area contributed by atoms with Gasteiger partial charge in [0.2, 0.25) is 0 Å². The fraction of sp³-hybridized carbons (Fsp3) is 0.286. The van der Waals surface area contributed by atoms with Gasteiger partial charge in [0.25, 0.3) is 0 Å². The van der Waals surface area contributed by atoms with Crippen molar-refractivity contribution in [2.45, 2.75) is 13.3 Å². The number of nitrogens with zero attached hydrogens (tertiary/aromatic N) is 2. The molecule has 1 aliphatic rings. The molecule has 3 heterocycles. The van der Waals surface area contributed by atoms with Crippen molar-refractivity contribution in [3.8, 4) is 0 Å². The third-order valence-electron chi connectivity index (χ3n) is 4.78. The zero-order valence-electron chi connectivity index (χ0n) is 15.6. The van der Waals surface area contributed by atoms with Crippen LogP contribution in [0, 0.1) is 5.92 Å². The second-order valence-corrected chi connectivity index (χ2v) is 7.67. The number of para-hydroxylation sites is 1. The van der Waals surface area contributed by atoms with Gasteiger partial charge in [-0.05, 0) is 37.1 Å². The lowest BCUT2D eigenvalue weighted by molar-refractivity contribution is -0.142. The molecule has 1 atom stereocenters. The summed E-state index contributed by atoms with van der Waals surface area (Å²) in [6.07, 6.45) is 3.61. The predicted octanol–water partition coefficient (Wildman–Crippen LogP) is 3.64.